The smallest absolute Gasteiger partial charge is 0.332 e. The first kappa shape index (κ1) is 23.7. The maximum absolute atomic E-state index is 12.4. The van der Waals surface area contributed by atoms with Crippen LogP contribution in [-0.4, -0.2) is 41.3 Å². The molecule has 0 spiro atoms. The van der Waals surface area contributed by atoms with Crippen LogP contribution in [0.4, 0.5) is 5.82 Å². The molecule has 2 N–H and O–H groups in total. The average molecular weight is 470 g/mol. The zero-order valence-electron chi connectivity index (χ0n) is 18.8. The van der Waals surface area contributed by atoms with Crippen molar-refractivity contribution in [1.82, 2.24) is 19.5 Å². The summed E-state index contributed by atoms with van der Waals surface area (Å²) in [5.41, 5.74) is 0.371. The van der Waals surface area contributed by atoms with Gasteiger partial charge in [-0.05, 0) is 23.5 Å². The summed E-state index contributed by atoms with van der Waals surface area (Å²) in [4.78, 5) is 35.3. The second-order valence-corrected chi connectivity index (χ2v) is 9.94. The number of benzene rings is 1. The van der Waals surface area contributed by atoms with Gasteiger partial charge in [-0.25, -0.2) is 27.7 Å². The molecule has 3 rings (SSSR count). The highest BCUT2D eigenvalue weighted by atomic mass is 32.2. The minimum absolute atomic E-state index is 0.0697. The Balaban J connectivity index is 2.16. The Labute approximate surface area is 190 Å². The number of H-pyrrole nitrogens is 1. The van der Waals surface area contributed by atoms with Crippen molar-refractivity contribution >= 4 is 15.8 Å². The van der Waals surface area contributed by atoms with Gasteiger partial charge in [-0.2, -0.15) is 0 Å². The van der Waals surface area contributed by atoms with Crippen molar-refractivity contribution in [2.24, 2.45) is 0 Å². The molecule has 10 nitrogen and oxygen atoms in total. The van der Waals surface area contributed by atoms with Gasteiger partial charge in [0.25, 0.3) is 5.56 Å². The van der Waals surface area contributed by atoms with Crippen LogP contribution in [0.2, 0.25) is 0 Å². The Morgan fingerprint density at radius 2 is 1.85 bits per heavy atom. The Morgan fingerprint density at radius 3 is 2.39 bits per heavy atom. The summed E-state index contributed by atoms with van der Waals surface area (Å²) in [6, 6.07) is 4.58. The SMILES string of the molecule is COc1c(C#Cc2cnc(NS(C)(=O)=O)cn2)cc(-n2c(=O)cc[nH]c2=O)cc1C(C)(C)C. The van der Waals surface area contributed by atoms with Gasteiger partial charge >= 0.3 is 5.69 Å². The lowest BCUT2D eigenvalue weighted by Gasteiger charge is -2.24. The van der Waals surface area contributed by atoms with E-state index in [0.29, 0.717) is 17.0 Å². The third kappa shape index (κ3) is 5.67. The second-order valence-electron chi connectivity index (χ2n) is 8.19. The molecule has 172 valence electrons. The molecular formula is C22H23N5O5S. The number of sulfonamides is 1. The quantitative estimate of drug-likeness (QED) is 0.551. The van der Waals surface area contributed by atoms with Gasteiger partial charge in [-0.3, -0.25) is 9.52 Å². The van der Waals surface area contributed by atoms with Crippen molar-refractivity contribution in [3.63, 3.8) is 0 Å². The first-order valence-electron chi connectivity index (χ1n) is 9.74. The maximum atomic E-state index is 12.4. The lowest BCUT2D eigenvalue weighted by Crippen LogP contribution is -2.32. The van der Waals surface area contributed by atoms with E-state index < -0.39 is 21.3 Å². The Kier molecular flexibility index (Phi) is 6.41. The number of methoxy groups -OCH3 is 1. The molecule has 1 aromatic carbocycles. The number of nitrogens with one attached hydrogen (secondary N) is 2. The van der Waals surface area contributed by atoms with Crippen molar-refractivity contribution in [1.29, 1.82) is 0 Å². The summed E-state index contributed by atoms with van der Waals surface area (Å²) < 4.78 is 31.5. The number of ether oxygens (including phenoxy) is 1. The van der Waals surface area contributed by atoms with Crippen LogP contribution in [0.5, 0.6) is 5.75 Å². The predicted molar refractivity (Wildman–Crippen MR) is 124 cm³/mol. The van der Waals surface area contributed by atoms with Gasteiger partial charge in [0.1, 0.15) is 11.4 Å². The van der Waals surface area contributed by atoms with Gasteiger partial charge in [-0.15, -0.1) is 0 Å². The van der Waals surface area contributed by atoms with E-state index >= 15 is 0 Å². The Bertz CT molecular complexity index is 1440. The number of anilines is 1. The molecule has 33 heavy (non-hydrogen) atoms. The highest BCUT2D eigenvalue weighted by molar-refractivity contribution is 7.92. The van der Waals surface area contributed by atoms with Crippen LogP contribution < -0.4 is 20.7 Å². The molecule has 0 aliphatic rings. The van der Waals surface area contributed by atoms with Crippen LogP contribution in [0.25, 0.3) is 5.69 Å². The fourth-order valence-corrected chi connectivity index (χ4v) is 3.53. The number of nitrogens with zero attached hydrogens (tertiary/aromatic N) is 3. The summed E-state index contributed by atoms with van der Waals surface area (Å²) >= 11 is 0. The minimum atomic E-state index is -3.47. The van der Waals surface area contributed by atoms with Crippen LogP contribution in [0.3, 0.4) is 0 Å². The standard InChI is InChI=1S/C22H23N5O5S/c1-22(2,3)17-11-16(27-19(28)8-9-23-21(27)29)10-14(20(17)32-4)6-7-15-12-25-18(13-24-15)26-33(5,30)31/h8-13H,1-5H3,(H,23,29)(H,25,26). The summed E-state index contributed by atoms with van der Waals surface area (Å²) in [6.45, 7) is 5.93. The first-order chi connectivity index (χ1) is 15.4. The van der Waals surface area contributed by atoms with Gasteiger partial charge in [0.15, 0.2) is 5.82 Å². The molecule has 0 amide bonds. The van der Waals surface area contributed by atoms with Crippen LogP contribution in [0, 0.1) is 11.8 Å². The van der Waals surface area contributed by atoms with Crippen molar-refractivity contribution in [3.05, 3.63) is 74.4 Å². The van der Waals surface area contributed by atoms with Crippen LogP contribution >= 0.6 is 0 Å². The molecule has 0 unspecified atom stereocenters. The molecule has 0 radical (unpaired) electrons. The average Bonchev–Trinajstić information content (AvgIpc) is 2.71. The zero-order chi connectivity index (χ0) is 24.4. The number of hydrogen-bond acceptors (Lipinski definition) is 7. The minimum Gasteiger partial charge on any atom is -0.495 e. The lowest BCUT2D eigenvalue weighted by atomic mass is 9.84. The van der Waals surface area contributed by atoms with Crippen molar-refractivity contribution in [2.75, 3.05) is 18.1 Å². The molecule has 0 saturated heterocycles. The van der Waals surface area contributed by atoms with E-state index in [-0.39, 0.29) is 16.9 Å². The van der Waals surface area contributed by atoms with Crippen molar-refractivity contribution in [2.45, 2.75) is 26.2 Å². The van der Waals surface area contributed by atoms with Gasteiger partial charge in [0.2, 0.25) is 10.0 Å². The molecule has 0 aliphatic carbocycles. The Morgan fingerprint density at radius 1 is 1.12 bits per heavy atom. The Hall–Kier alpha value is -3.91. The van der Waals surface area contributed by atoms with Crippen LogP contribution in [0.15, 0.2) is 46.4 Å². The summed E-state index contributed by atoms with van der Waals surface area (Å²) in [7, 11) is -1.96. The topological polar surface area (TPSA) is 136 Å². The number of aromatic nitrogens is 4. The van der Waals surface area contributed by atoms with E-state index in [0.717, 1.165) is 16.4 Å². The van der Waals surface area contributed by atoms with Gasteiger partial charge < -0.3 is 9.72 Å². The highest BCUT2D eigenvalue weighted by Gasteiger charge is 2.23. The van der Waals surface area contributed by atoms with E-state index in [1.807, 2.05) is 20.8 Å². The molecule has 11 heteroatoms. The van der Waals surface area contributed by atoms with Gasteiger partial charge in [0.05, 0.1) is 37.0 Å². The van der Waals surface area contributed by atoms with E-state index in [1.165, 1.54) is 31.8 Å². The van der Waals surface area contributed by atoms with Gasteiger partial charge in [-0.1, -0.05) is 26.7 Å². The molecule has 0 bridgehead atoms. The first-order valence-corrected chi connectivity index (χ1v) is 11.6. The second kappa shape index (κ2) is 8.91. The van der Waals surface area contributed by atoms with Crippen molar-refractivity contribution < 1.29 is 13.2 Å². The molecule has 0 aliphatic heterocycles. The normalized spacial score (nSPS) is 11.4. The van der Waals surface area contributed by atoms with Crippen LogP contribution in [0.1, 0.15) is 37.6 Å². The fourth-order valence-electron chi connectivity index (χ4n) is 3.05. The van der Waals surface area contributed by atoms with E-state index in [4.69, 9.17) is 4.74 Å². The van der Waals surface area contributed by atoms with E-state index in [9.17, 15) is 18.0 Å². The third-order valence-electron chi connectivity index (χ3n) is 4.47. The molecule has 0 atom stereocenters. The molecule has 0 fully saturated rings. The van der Waals surface area contributed by atoms with Crippen LogP contribution in [-0.2, 0) is 15.4 Å². The van der Waals surface area contributed by atoms with Crippen molar-refractivity contribution in [3.8, 4) is 23.3 Å². The maximum Gasteiger partial charge on any atom is 0.332 e. The lowest BCUT2D eigenvalue weighted by molar-refractivity contribution is 0.396. The number of rotatable bonds is 4. The molecular weight excluding hydrogens is 446 g/mol. The number of aromatic amines is 1. The molecule has 0 saturated carbocycles. The monoisotopic (exact) mass is 469 g/mol. The predicted octanol–water partition coefficient (Wildman–Crippen LogP) is 1.39. The molecule has 3 aromatic rings. The third-order valence-corrected chi connectivity index (χ3v) is 5.05. The molecule has 2 heterocycles. The summed E-state index contributed by atoms with van der Waals surface area (Å²) in [5, 5.41) is 0. The van der Waals surface area contributed by atoms with E-state index in [2.05, 4.69) is 31.5 Å². The largest absolute Gasteiger partial charge is 0.495 e. The highest BCUT2D eigenvalue weighted by Crippen LogP contribution is 2.35. The number of hydrogen-bond donors (Lipinski definition) is 2. The van der Waals surface area contributed by atoms with Gasteiger partial charge in [0, 0.05) is 17.8 Å². The fraction of sp³-hybridized carbons (Fsp3) is 0.273. The summed E-state index contributed by atoms with van der Waals surface area (Å²) in [5.74, 6) is 6.40. The van der Waals surface area contributed by atoms with E-state index in [1.54, 1.807) is 12.1 Å². The summed E-state index contributed by atoms with van der Waals surface area (Å²) in [6.07, 6.45) is 4.88. The molecule has 2 aromatic heterocycles. The zero-order valence-corrected chi connectivity index (χ0v) is 19.6.